The van der Waals surface area contributed by atoms with Crippen molar-refractivity contribution in [2.45, 2.75) is 45.4 Å². The van der Waals surface area contributed by atoms with Crippen molar-refractivity contribution >= 4 is 33.8 Å². The Morgan fingerprint density at radius 3 is 2.50 bits per heavy atom. The lowest BCUT2D eigenvalue weighted by molar-refractivity contribution is -0.00522. The van der Waals surface area contributed by atoms with Crippen LogP contribution in [-0.2, 0) is 4.74 Å². The van der Waals surface area contributed by atoms with Crippen LogP contribution in [0.25, 0.3) is 11.3 Å². The molecule has 1 aromatic carbocycles. The first-order valence-corrected chi connectivity index (χ1v) is 14.5. The van der Waals surface area contributed by atoms with Crippen LogP contribution in [0.1, 0.15) is 43.1 Å². The first-order valence-electron chi connectivity index (χ1n) is 13.6. The third-order valence-electron chi connectivity index (χ3n) is 7.61. The first-order chi connectivity index (χ1) is 19.9. The topological polar surface area (TPSA) is 93.8 Å². The predicted molar refractivity (Wildman–Crippen MR) is 154 cm³/mol. The van der Waals surface area contributed by atoms with Gasteiger partial charge in [0.05, 0.1) is 34.7 Å². The number of hydrogen-bond acceptors (Lipinski definition) is 8. The first kappa shape index (κ1) is 30.0. The molecular weight excluding hydrogens is 576 g/mol. The Hall–Kier alpha value is -3.49. The van der Waals surface area contributed by atoms with Gasteiger partial charge in [-0.15, -0.1) is 11.3 Å². The number of carbonyl (C=O) groups is 1. The fourth-order valence-corrected chi connectivity index (χ4v) is 6.22. The lowest BCUT2D eigenvalue weighted by Gasteiger charge is -2.39. The number of likely N-dealkylation sites (N-methyl/N-ethyl adjacent to an activating group) is 1. The van der Waals surface area contributed by atoms with Crippen molar-refractivity contribution in [3.8, 4) is 11.3 Å². The molecule has 3 aromatic rings. The standard InChI is InChI=1S/C28H32F4N6O3S/c1-14-10-37(6-5-36(14)4)21-8-19(29)23(20-13-42-28(34-20)38-11-15(2)41-16(3)12-38)24(30)25(21)35-27(40)18-9-33-22(39)7-17(18)26(31)32/h7-9,13-16,26H,5-6,10-12H2,1-4H3,(H,33,39)(H,35,40)/t14-,15-,16+/m0/s1. The van der Waals surface area contributed by atoms with Crippen LogP contribution >= 0.6 is 11.3 Å². The lowest BCUT2D eigenvalue weighted by Crippen LogP contribution is -2.50. The zero-order chi connectivity index (χ0) is 30.3. The van der Waals surface area contributed by atoms with E-state index in [-0.39, 0.29) is 35.3 Å². The maximum Gasteiger partial charge on any atom is 0.264 e. The number of rotatable bonds is 6. The average Bonchev–Trinajstić information content (AvgIpc) is 3.41. The molecule has 0 aliphatic carbocycles. The molecule has 2 N–H and O–H groups in total. The van der Waals surface area contributed by atoms with Crippen molar-refractivity contribution < 1.29 is 27.1 Å². The van der Waals surface area contributed by atoms with Gasteiger partial charge in [0.2, 0.25) is 5.56 Å². The average molecular weight is 609 g/mol. The largest absolute Gasteiger partial charge is 0.372 e. The second-order valence-corrected chi connectivity index (χ2v) is 11.7. The Kier molecular flexibility index (Phi) is 8.58. The van der Waals surface area contributed by atoms with Crippen LogP contribution in [0, 0.1) is 11.6 Å². The summed E-state index contributed by atoms with van der Waals surface area (Å²) in [5.74, 6) is -3.02. The summed E-state index contributed by atoms with van der Waals surface area (Å²) in [6, 6.07) is 1.81. The van der Waals surface area contributed by atoms with Crippen LogP contribution < -0.4 is 20.7 Å². The third-order valence-corrected chi connectivity index (χ3v) is 8.51. The summed E-state index contributed by atoms with van der Waals surface area (Å²) < 4.78 is 65.3. The molecule has 5 rings (SSSR count). The molecule has 0 saturated carbocycles. The number of piperazine rings is 1. The van der Waals surface area contributed by atoms with Crippen LogP contribution in [0.2, 0.25) is 0 Å². The minimum atomic E-state index is -3.13. The van der Waals surface area contributed by atoms with Crippen molar-refractivity contribution in [1.82, 2.24) is 14.9 Å². The molecule has 14 heteroatoms. The highest BCUT2D eigenvalue weighted by atomic mass is 32.1. The number of pyridine rings is 1. The number of alkyl halides is 2. The van der Waals surface area contributed by atoms with E-state index in [0.29, 0.717) is 43.9 Å². The number of carbonyl (C=O) groups excluding carboxylic acids is 1. The van der Waals surface area contributed by atoms with Gasteiger partial charge >= 0.3 is 0 Å². The summed E-state index contributed by atoms with van der Waals surface area (Å²) in [6.45, 7) is 8.39. The molecule has 2 aromatic heterocycles. The maximum absolute atomic E-state index is 16.4. The number of nitrogens with one attached hydrogen (secondary N) is 2. The zero-order valence-corrected chi connectivity index (χ0v) is 24.4. The van der Waals surface area contributed by atoms with E-state index in [1.165, 1.54) is 11.3 Å². The predicted octanol–water partition coefficient (Wildman–Crippen LogP) is 4.72. The van der Waals surface area contributed by atoms with Crippen molar-refractivity contribution in [2.24, 2.45) is 0 Å². The quantitative estimate of drug-likeness (QED) is 0.392. The van der Waals surface area contributed by atoms with E-state index in [1.807, 2.05) is 32.7 Å². The minimum Gasteiger partial charge on any atom is -0.372 e. The monoisotopic (exact) mass is 608 g/mol. The van der Waals surface area contributed by atoms with E-state index < -0.39 is 46.2 Å². The van der Waals surface area contributed by atoms with Gasteiger partial charge in [-0.2, -0.15) is 0 Å². The fourth-order valence-electron chi connectivity index (χ4n) is 5.38. The summed E-state index contributed by atoms with van der Waals surface area (Å²) in [5, 5.41) is 4.53. The normalized spacial score (nSPS) is 21.7. The molecule has 4 heterocycles. The zero-order valence-electron chi connectivity index (χ0n) is 23.6. The maximum atomic E-state index is 16.4. The van der Waals surface area contributed by atoms with Crippen LogP contribution in [0.15, 0.2) is 28.5 Å². The molecule has 0 unspecified atom stereocenters. The third kappa shape index (κ3) is 6.01. The number of H-pyrrole nitrogens is 1. The summed E-state index contributed by atoms with van der Waals surface area (Å²) in [7, 11) is 1.94. The Balaban J connectivity index is 1.57. The van der Waals surface area contributed by atoms with Gasteiger partial charge in [-0.05, 0) is 27.8 Å². The van der Waals surface area contributed by atoms with Gasteiger partial charge in [0, 0.05) is 68.0 Å². The number of hydrogen-bond donors (Lipinski definition) is 2. The van der Waals surface area contributed by atoms with Gasteiger partial charge in [-0.1, -0.05) is 0 Å². The number of aromatic nitrogens is 2. The van der Waals surface area contributed by atoms with Crippen molar-refractivity contribution in [2.75, 3.05) is 54.9 Å². The summed E-state index contributed by atoms with van der Waals surface area (Å²) in [6.07, 6.45) is -2.37. The van der Waals surface area contributed by atoms with Gasteiger partial charge in [-0.3, -0.25) is 9.59 Å². The molecule has 3 atom stereocenters. The number of anilines is 3. The molecule has 1 amide bonds. The molecule has 2 fully saturated rings. The van der Waals surface area contributed by atoms with Crippen molar-refractivity contribution in [1.29, 1.82) is 0 Å². The van der Waals surface area contributed by atoms with Gasteiger partial charge in [-0.25, -0.2) is 22.5 Å². The van der Waals surface area contributed by atoms with Gasteiger partial charge in [0.1, 0.15) is 11.5 Å². The van der Waals surface area contributed by atoms with E-state index in [0.717, 1.165) is 12.3 Å². The van der Waals surface area contributed by atoms with Gasteiger partial charge in [0.25, 0.3) is 12.3 Å². The molecule has 2 aliphatic heterocycles. The van der Waals surface area contributed by atoms with E-state index in [4.69, 9.17) is 4.74 Å². The number of benzene rings is 1. The molecular formula is C28H32F4N6O3S. The number of morpholine rings is 1. The number of amides is 1. The number of ether oxygens (including phenoxy) is 1. The molecule has 0 radical (unpaired) electrons. The lowest BCUT2D eigenvalue weighted by atomic mass is 10.0. The molecule has 9 nitrogen and oxygen atoms in total. The van der Waals surface area contributed by atoms with Gasteiger partial charge in [0.15, 0.2) is 10.9 Å². The van der Waals surface area contributed by atoms with E-state index in [9.17, 15) is 18.4 Å². The summed E-state index contributed by atoms with van der Waals surface area (Å²) in [5.41, 5.74) is -2.82. The van der Waals surface area contributed by atoms with Crippen LogP contribution in [0.4, 0.5) is 34.1 Å². The molecule has 0 bridgehead atoms. The second-order valence-electron chi connectivity index (χ2n) is 10.8. The Bertz CT molecular complexity index is 1520. The molecule has 2 saturated heterocycles. The van der Waals surface area contributed by atoms with Gasteiger partial charge < -0.3 is 29.7 Å². The van der Waals surface area contributed by atoms with Crippen LogP contribution in [-0.4, -0.2) is 78.8 Å². The fraction of sp³-hybridized carbons (Fsp3) is 0.464. The summed E-state index contributed by atoms with van der Waals surface area (Å²) in [4.78, 5) is 37.5. The smallest absolute Gasteiger partial charge is 0.264 e. The van der Waals surface area contributed by atoms with Crippen LogP contribution in [0.3, 0.4) is 0 Å². The molecule has 0 spiro atoms. The molecule has 42 heavy (non-hydrogen) atoms. The Morgan fingerprint density at radius 2 is 1.83 bits per heavy atom. The van der Waals surface area contributed by atoms with E-state index in [2.05, 4.69) is 20.2 Å². The molecule has 2 aliphatic rings. The SMILES string of the molecule is C[C@@H]1CN(c2nc(-c3c(F)cc(N4CCN(C)[C@@H](C)C4)c(NC(=O)c4c[nH]c(=O)cc4C(F)F)c3F)cs2)C[C@H](C)O1. The van der Waals surface area contributed by atoms with Crippen LogP contribution in [0.5, 0.6) is 0 Å². The Morgan fingerprint density at radius 1 is 1.12 bits per heavy atom. The number of aromatic amines is 1. The minimum absolute atomic E-state index is 0.0390. The number of halogens is 4. The second kappa shape index (κ2) is 12.0. The highest BCUT2D eigenvalue weighted by molar-refractivity contribution is 7.14. The summed E-state index contributed by atoms with van der Waals surface area (Å²) >= 11 is 1.23. The highest BCUT2D eigenvalue weighted by Crippen LogP contribution is 2.40. The van der Waals surface area contributed by atoms with Crippen molar-refractivity contribution in [3.05, 3.63) is 56.8 Å². The van der Waals surface area contributed by atoms with Crippen molar-refractivity contribution in [3.63, 3.8) is 0 Å². The number of nitrogens with zero attached hydrogens (tertiary/aromatic N) is 4. The van der Waals surface area contributed by atoms with E-state index >= 15 is 8.78 Å². The molecule has 226 valence electrons. The van der Waals surface area contributed by atoms with E-state index in [1.54, 1.807) is 10.3 Å². The highest BCUT2D eigenvalue weighted by Gasteiger charge is 2.31. The number of thiazole rings is 1. The Labute approximate surface area is 244 Å².